The van der Waals surface area contributed by atoms with Crippen LogP contribution in [0.4, 0.5) is 5.82 Å². The number of hydrogen-bond acceptors (Lipinski definition) is 6. The summed E-state index contributed by atoms with van der Waals surface area (Å²) in [5, 5.41) is 0.996. The highest BCUT2D eigenvalue weighted by atomic mass is 16.5. The van der Waals surface area contributed by atoms with Crippen molar-refractivity contribution in [3.05, 3.63) is 97.0 Å². The maximum Gasteiger partial charge on any atom is 0.254 e. The van der Waals surface area contributed by atoms with Gasteiger partial charge in [0.2, 0.25) is 0 Å². The molecule has 5 aromatic rings. The molecule has 1 fully saturated rings. The summed E-state index contributed by atoms with van der Waals surface area (Å²) >= 11 is 0. The third-order valence-electron chi connectivity index (χ3n) is 7.26. The van der Waals surface area contributed by atoms with E-state index in [0.29, 0.717) is 44.1 Å². The average molecular weight is 534 g/mol. The first-order valence-corrected chi connectivity index (χ1v) is 13.5. The molecule has 8 nitrogen and oxygen atoms in total. The Hall–Kier alpha value is -4.85. The lowest BCUT2D eigenvalue weighted by molar-refractivity contribution is 0.0746. The molecule has 0 bridgehead atoms. The van der Waals surface area contributed by atoms with E-state index in [-0.39, 0.29) is 5.91 Å². The fourth-order valence-corrected chi connectivity index (χ4v) is 5.25. The van der Waals surface area contributed by atoms with Gasteiger partial charge in [-0.2, -0.15) is 0 Å². The lowest BCUT2D eigenvalue weighted by Gasteiger charge is -2.35. The number of anilines is 1. The van der Waals surface area contributed by atoms with Crippen LogP contribution in [0.1, 0.15) is 17.3 Å². The molecule has 0 unspecified atom stereocenters. The van der Waals surface area contributed by atoms with Crippen LogP contribution in [0.2, 0.25) is 0 Å². The fourth-order valence-electron chi connectivity index (χ4n) is 5.25. The number of rotatable bonds is 7. The molecule has 202 valence electrons. The van der Waals surface area contributed by atoms with Gasteiger partial charge in [-0.15, -0.1) is 0 Å². The van der Waals surface area contributed by atoms with Crippen molar-refractivity contribution in [2.75, 3.05) is 44.8 Å². The molecule has 1 aliphatic rings. The van der Waals surface area contributed by atoms with Gasteiger partial charge in [0.25, 0.3) is 5.91 Å². The molecule has 40 heavy (non-hydrogen) atoms. The number of fused-ring (bicyclic) bond motifs is 1. The Labute approximate surface area is 233 Å². The summed E-state index contributed by atoms with van der Waals surface area (Å²) in [4.78, 5) is 26.9. The number of aromatic nitrogens is 3. The van der Waals surface area contributed by atoms with Gasteiger partial charge in [0.15, 0.2) is 5.65 Å². The first kappa shape index (κ1) is 25.4. The molecule has 0 aliphatic carbocycles. The minimum atomic E-state index is 0.0120. The molecule has 0 saturated carbocycles. The molecule has 3 heterocycles. The van der Waals surface area contributed by atoms with E-state index in [2.05, 4.69) is 27.8 Å². The zero-order valence-electron chi connectivity index (χ0n) is 22.7. The van der Waals surface area contributed by atoms with Crippen LogP contribution in [-0.4, -0.2) is 65.2 Å². The second-order valence-corrected chi connectivity index (χ2v) is 9.61. The van der Waals surface area contributed by atoms with Crippen LogP contribution in [0.3, 0.4) is 0 Å². The molecule has 2 aromatic heterocycles. The number of piperazine rings is 1. The number of methoxy groups -OCH3 is 1. The Kier molecular flexibility index (Phi) is 7.06. The van der Waals surface area contributed by atoms with Gasteiger partial charge < -0.3 is 23.8 Å². The van der Waals surface area contributed by atoms with Crippen molar-refractivity contribution in [2.24, 2.45) is 0 Å². The van der Waals surface area contributed by atoms with E-state index in [0.717, 1.165) is 39.4 Å². The third-order valence-corrected chi connectivity index (χ3v) is 7.26. The Morgan fingerprint density at radius 2 is 1.65 bits per heavy atom. The van der Waals surface area contributed by atoms with Crippen molar-refractivity contribution >= 4 is 22.8 Å². The van der Waals surface area contributed by atoms with Gasteiger partial charge in [0.05, 0.1) is 19.1 Å². The zero-order chi connectivity index (χ0) is 27.5. The van der Waals surface area contributed by atoms with E-state index in [1.807, 2.05) is 72.5 Å². The highest BCUT2D eigenvalue weighted by Crippen LogP contribution is 2.37. The Morgan fingerprint density at radius 3 is 2.38 bits per heavy atom. The molecule has 0 N–H and O–H groups in total. The van der Waals surface area contributed by atoms with Gasteiger partial charge in [-0.05, 0) is 55.0 Å². The highest BCUT2D eigenvalue weighted by Gasteiger charge is 2.26. The Morgan fingerprint density at radius 1 is 0.875 bits per heavy atom. The average Bonchev–Trinajstić information content (AvgIpc) is 3.42. The smallest absolute Gasteiger partial charge is 0.254 e. The summed E-state index contributed by atoms with van der Waals surface area (Å²) in [5.41, 5.74) is 4.63. The molecule has 3 aromatic carbocycles. The van der Waals surface area contributed by atoms with Crippen molar-refractivity contribution in [1.82, 2.24) is 19.4 Å². The molecule has 1 aliphatic heterocycles. The summed E-state index contributed by atoms with van der Waals surface area (Å²) in [5.74, 6) is 2.40. The standard InChI is InChI=1S/C32H31N5O3/c1-3-40-26-14-12-25(13-15-26)37-21-28(23-8-5-4-6-9-23)29-30(33-22-34-31(29)37)35-16-18-36(19-17-35)32(38)24-10-7-11-27(20-24)39-2/h4-15,20-22H,3,16-19H2,1-2H3. The van der Waals surface area contributed by atoms with Gasteiger partial charge in [0.1, 0.15) is 23.6 Å². The van der Waals surface area contributed by atoms with Crippen LogP contribution >= 0.6 is 0 Å². The summed E-state index contributed by atoms with van der Waals surface area (Å²) in [6.07, 6.45) is 3.77. The summed E-state index contributed by atoms with van der Waals surface area (Å²) in [6, 6.07) is 25.7. The zero-order valence-corrected chi connectivity index (χ0v) is 22.7. The van der Waals surface area contributed by atoms with E-state index in [9.17, 15) is 4.79 Å². The van der Waals surface area contributed by atoms with Crippen molar-refractivity contribution in [3.63, 3.8) is 0 Å². The molecule has 0 radical (unpaired) electrons. The molecular formula is C32H31N5O3. The number of carbonyl (C=O) groups excluding carboxylic acids is 1. The van der Waals surface area contributed by atoms with Crippen LogP contribution in [0.25, 0.3) is 27.8 Å². The number of ether oxygens (including phenoxy) is 2. The quantitative estimate of drug-likeness (QED) is 0.277. The van der Waals surface area contributed by atoms with Crippen LogP contribution < -0.4 is 14.4 Å². The number of benzene rings is 3. The molecule has 6 rings (SSSR count). The first-order chi connectivity index (χ1) is 19.7. The molecule has 1 saturated heterocycles. The van der Waals surface area contributed by atoms with E-state index in [1.54, 1.807) is 19.5 Å². The maximum atomic E-state index is 13.2. The predicted molar refractivity (Wildman–Crippen MR) is 157 cm³/mol. The SMILES string of the molecule is CCOc1ccc(-n2cc(-c3ccccc3)c3c(N4CCN(C(=O)c5cccc(OC)c5)CC4)ncnc32)cc1. The molecule has 0 atom stereocenters. The number of hydrogen-bond donors (Lipinski definition) is 0. The molecule has 8 heteroatoms. The van der Waals surface area contributed by atoms with E-state index < -0.39 is 0 Å². The topological polar surface area (TPSA) is 72.7 Å². The van der Waals surface area contributed by atoms with Gasteiger partial charge in [-0.25, -0.2) is 9.97 Å². The van der Waals surface area contributed by atoms with Gasteiger partial charge in [-0.3, -0.25) is 4.79 Å². The van der Waals surface area contributed by atoms with E-state index in [1.165, 1.54) is 0 Å². The number of carbonyl (C=O) groups is 1. The van der Waals surface area contributed by atoms with Crippen LogP contribution in [0.5, 0.6) is 11.5 Å². The van der Waals surface area contributed by atoms with E-state index in [4.69, 9.17) is 19.4 Å². The van der Waals surface area contributed by atoms with Crippen LogP contribution in [0.15, 0.2) is 91.4 Å². The lowest BCUT2D eigenvalue weighted by atomic mass is 10.1. The molecule has 1 amide bonds. The maximum absolute atomic E-state index is 13.2. The number of nitrogens with zero attached hydrogens (tertiary/aromatic N) is 5. The normalized spacial score (nSPS) is 13.4. The summed E-state index contributed by atoms with van der Waals surface area (Å²) in [6.45, 7) is 5.14. The third kappa shape index (κ3) is 4.84. The highest BCUT2D eigenvalue weighted by molar-refractivity contribution is 6.02. The minimum absolute atomic E-state index is 0.0120. The van der Waals surface area contributed by atoms with Gasteiger partial charge in [-0.1, -0.05) is 36.4 Å². The first-order valence-electron chi connectivity index (χ1n) is 13.5. The van der Waals surface area contributed by atoms with Crippen molar-refractivity contribution in [3.8, 4) is 28.3 Å². The second-order valence-electron chi connectivity index (χ2n) is 9.61. The van der Waals surface area contributed by atoms with Gasteiger partial charge >= 0.3 is 0 Å². The Balaban J connectivity index is 1.34. The molecule has 0 spiro atoms. The largest absolute Gasteiger partial charge is 0.497 e. The fraction of sp³-hybridized carbons (Fsp3) is 0.219. The summed E-state index contributed by atoms with van der Waals surface area (Å²) < 4.78 is 13.1. The van der Waals surface area contributed by atoms with Crippen molar-refractivity contribution in [1.29, 1.82) is 0 Å². The Bertz CT molecular complexity index is 1620. The minimum Gasteiger partial charge on any atom is -0.497 e. The monoisotopic (exact) mass is 533 g/mol. The second kappa shape index (κ2) is 11.1. The lowest BCUT2D eigenvalue weighted by Crippen LogP contribution is -2.49. The summed E-state index contributed by atoms with van der Waals surface area (Å²) in [7, 11) is 1.61. The van der Waals surface area contributed by atoms with Crippen LogP contribution in [-0.2, 0) is 0 Å². The van der Waals surface area contributed by atoms with E-state index >= 15 is 0 Å². The van der Waals surface area contributed by atoms with Gasteiger partial charge in [0, 0.05) is 49.2 Å². The molecular weight excluding hydrogens is 502 g/mol. The predicted octanol–water partition coefficient (Wildman–Crippen LogP) is 5.46. The number of amides is 1. The van der Waals surface area contributed by atoms with Crippen LogP contribution in [0, 0.1) is 0 Å². The van der Waals surface area contributed by atoms with Crippen molar-refractivity contribution in [2.45, 2.75) is 6.92 Å². The van der Waals surface area contributed by atoms with Crippen molar-refractivity contribution < 1.29 is 14.3 Å².